The summed E-state index contributed by atoms with van der Waals surface area (Å²) in [5.74, 6) is -1.06. The molecule has 128 valence electrons. The van der Waals surface area contributed by atoms with E-state index in [1.165, 1.54) is 16.4 Å². The summed E-state index contributed by atoms with van der Waals surface area (Å²) in [5.41, 5.74) is 0.795. The van der Waals surface area contributed by atoms with Gasteiger partial charge in [0, 0.05) is 12.6 Å². The molecule has 1 aliphatic rings. The summed E-state index contributed by atoms with van der Waals surface area (Å²) >= 11 is 0. The van der Waals surface area contributed by atoms with Gasteiger partial charge in [0.15, 0.2) is 5.82 Å². The lowest BCUT2D eigenvalue weighted by Gasteiger charge is -2.22. The fraction of sp³-hybridized carbons (Fsp3) is 0.250. The Morgan fingerprint density at radius 3 is 2.50 bits per heavy atom. The average Bonchev–Trinajstić information content (AvgIpc) is 2.76. The Hall–Kier alpha value is -2.32. The molecule has 0 bridgehead atoms. The second-order valence-corrected chi connectivity index (χ2v) is 7.13. The van der Waals surface area contributed by atoms with E-state index in [0.29, 0.717) is 24.3 Å². The maximum Gasteiger partial charge on any atom is 0.331 e. The van der Waals surface area contributed by atoms with Gasteiger partial charge in [0.2, 0.25) is 0 Å². The maximum absolute atomic E-state index is 14.3. The quantitative estimate of drug-likeness (QED) is 0.811. The van der Waals surface area contributed by atoms with E-state index in [1.54, 1.807) is 31.3 Å². The van der Waals surface area contributed by atoms with Crippen molar-refractivity contribution in [2.75, 3.05) is 28.7 Å². The van der Waals surface area contributed by atoms with Crippen molar-refractivity contribution in [2.24, 2.45) is 0 Å². The molecule has 6 nitrogen and oxygen atoms in total. The van der Waals surface area contributed by atoms with Crippen molar-refractivity contribution in [1.29, 1.82) is 0 Å². The Balaban J connectivity index is 2.10. The highest BCUT2D eigenvalue weighted by molar-refractivity contribution is 7.95. The van der Waals surface area contributed by atoms with Crippen LogP contribution in [-0.2, 0) is 10.2 Å². The molecule has 3 rings (SSSR count). The van der Waals surface area contributed by atoms with Crippen LogP contribution in [0.1, 0.15) is 6.42 Å². The van der Waals surface area contributed by atoms with Crippen molar-refractivity contribution in [2.45, 2.75) is 6.42 Å². The first-order chi connectivity index (χ1) is 11.5. The average molecular weight is 351 g/mol. The van der Waals surface area contributed by atoms with Gasteiger partial charge in [-0.3, -0.25) is 4.31 Å². The van der Waals surface area contributed by atoms with E-state index in [2.05, 4.69) is 5.32 Å². The summed E-state index contributed by atoms with van der Waals surface area (Å²) in [6.45, 7) is 0.956. The molecular formula is C16H18FN3O3S. The standard InChI is InChI=1S/C16H18FN3O3S/c1-18-9-4-10-19-15-5-2-3-6-16(15)20(24(19,22)23)14-8-7-12(21)11-13(14)17/h2-3,5-8,11,18,21H,4,9-10H2,1H3. The van der Waals surface area contributed by atoms with Crippen LogP contribution in [0.4, 0.5) is 21.5 Å². The first-order valence-corrected chi connectivity index (χ1v) is 8.91. The third-order valence-corrected chi connectivity index (χ3v) is 5.61. The van der Waals surface area contributed by atoms with Gasteiger partial charge in [0.25, 0.3) is 0 Å². The van der Waals surface area contributed by atoms with Gasteiger partial charge < -0.3 is 10.4 Å². The minimum atomic E-state index is -3.94. The van der Waals surface area contributed by atoms with E-state index in [4.69, 9.17) is 0 Å². The fourth-order valence-electron chi connectivity index (χ4n) is 2.74. The van der Waals surface area contributed by atoms with Crippen LogP contribution in [0, 0.1) is 5.82 Å². The van der Waals surface area contributed by atoms with E-state index in [9.17, 15) is 17.9 Å². The van der Waals surface area contributed by atoms with Crippen LogP contribution < -0.4 is 13.9 Å². The molecular weight excluding hydrogens is 333 g/mol. The molecule has 2 N–H and O–H groups in total. The lowest BCUT2D eigenvalue weighted by Crippen LogP contribution is -2.37. The molecule has 0 fully saturated rings. The third-order valence-electron chi connectivity index (χ3n) is 3.82. The van der Waals surface area contributed by atoms with Gasteiger partial charge in [-0.05, 0) is 44.3 Å². The zero-order chi connectivity index (χ0) is 17.3. The van der Waals surface area contributed by atoms with Crippen LogP contribution in [-0.4, -0.2) is 33.7 Å². The number of aromatic hydroxyl groups is 1. The number of hydrogen-bond acceptors (Lipinski definition) is 4. The van der Waals surface area contributed by atoms with Crippen molar-refractivity contribution in [3.05, 3.63) is 48.3 Å². The molecule has 0 radical (unpaired) electrons. The largest absolute Gasteiger partial charge is 0.508 e. The number of phenols is 1. The third kappa shape index (κ3) is 2.67. The minimum absolute atomic E-state index is 0.114. The van der Waals surface area contributed by atoms with Gasteiger partial charge in [-0.2, -0.15) is 8.42 Å². The highest BCUT2D eigenvalue weighted by Gasteiger charge is 2.41. The lowest BCUT2D eigenvalue weighted by molar-refractivity contribution is 0.469. The van der Waals surface area contributed by atoms with Gasteiger partial charge in [-0.25, -0.2) is 8.70 Å². The summed E-state index contributed by atoms with van der Waals surface area (Å²) in [5, 5.41) is 12.4. The topological polar surface area (TPSA) is 72.9 Å². The van der Waals surface area contributed by atoms with Crippen molar-refractivity contribution in [3.8, 4) is 5.75 Å². The number of fused-ring (bicyclic) bond motifs is 1. The molecule has 8 heteroatoms. The molecule has 1 heterocycles. The number of nitrogens with zero attached hydrogens (tertiary/aromatic N) is 2. The van der Waals surface area contributed by atoms with E-state index in [-0.39, 0.29) is 18.0 Å². The number of anilines is 3. The number of benzene rings is 2. The summed E-state index contributed by atoms with van der Waals surface area (Å²) < 4.78 is 42.5. The van der Waals surface area contributed by atoms with Crippen molar-refractivity contribution >= 4 is 27.3 Å². The number of nitrogens with one attached hydrogen (secondary N) is 1. The zero-order valence-electron chi connectivity index (χ0n) is 13.1. The molecule has 2 aromatic rings. The Labute approximate surface area is 140 Å². The van der Waals surface area contributed by atoms with Gasteiger partial charge in [-0.1, -0.05) is 12.1 Å². The zero-order valence-corrected chi connectivity index (χ0v) is 13.9. The number of phenolic OH excluding ortho intramolecular Hbond substituents is 1. The van der Waals surface area contributed by atoms with E-state index >= 15 is 0 Å². The van der Waals surface area contributed by atoms with Crippen LogP contribution in [0.5, 0.6) is 5.75 Å². The number of para-hydroxylation sites is 2. The second-order valence-electron chi connectivity index (χ2n) is 5.43. The first-order valence-electron chi connectivity index (χ1n) is 7.52. The van der Waals surface area contributed by atoms with Crippen LogP contribution in [0.25, 0.3) is 0 Å². The van der Waals surface area contributed by atoms with E-state index < -0.39 is 16.0 Å². The summed E-state index contributed by atoms with van der Waals surface area (Å²) in [6.07, 6.45) is 0.621. The smallest absolute Gasteiger partial charge is 0.331 e. The van der Waals surface area contributed by atoms with Gasteiger partial charge in [0.05, 0.1) is 17.1 Å². The normalized spacial score (nSPS) is 15.6. The van der Waals surface area contributed by atoms with Gasteiger partial charge in [-0.15, -0.1) is 0 Å². The predicted octanol–water partition coefficient (Wildman–Crippen LogP) is 2.34. The first kappa shape index (κ1) is 16.5. The van der Waals surface area contributed by atoms with Crippen molar-refractivity contribution in [1.82, 2.24) is 5.32 Å². The highest BCUT2D eigenvalue weighted by Crippen LogP contribution is 2.46. The van der Waals surface area contributed by atoms with E-state index in [1.807, 2.05) is 0 Å². The Bertz CT molecular complexity index is 857. The van der Waals surface area contributed by atoms with Crippen molar-refractivity contribution < 1.29 is 17.9 Å². The number of rotatable bonds is 5. The Morgan fingerprint density at radius 2 is 1.83 bits per heavy atom. The van der Waals surface area contributed by atoms with Crippen LogP contribution >= 0.6 is 0 Å². The van der Waals surface area contributed by atoms with Crippen molar-refractivity contribution in [3.63, 3.8) is 0 Å². The summed E-state index contributed by atoms with van der Waals surface area (Å²) in [4.78, 5) is 0. The number of halogens is 1. The molecule has 0 saturated heterocycles. The predicted molar refractivity (Wildman–Crippen MR) is 91.5 cm³/mol. The molecule has 1 aliphatic heterocycles. The monoisotopic (exact) mass is 351 g/mol. The minimum Gasteiger partial charge on any atom is -0.508 e. The fourth-order valence-corrected chi connectivity index (χ4v) is 4.50. The molecule has 0 saturated carbocycles. The SMILES string of the molecule is CNCCCN1c2ccccc2N(c2ccc(O)cc2F)S1(=O)=O. The molecule has 0 aliphatic carbocycles. The van der Waals surface area contributed by atoms with Crippen LogP contribution in [0.3, 0.4) is 0 Å². The Morgan fingerprint density at radius 1 is 1.12 bits per heavy atom. The number of hydrogen-bond donors (Lipinski definition) is 2. The maximum atomic E-state index is 14.3. The van der Waals surface area contributed by atoms with Gasteiger partial charge >= 0.3 is 10.2 Å². The van der Waals surface area contributed by atoms with Gasteiger partial charge in [0.1, 0.15) is 5.75 Å². The molecule has 0 aromatic heterocycles. The molecule has 0 amide bonds. The molecule has 2 aromatic carbocycles. The summed E-state index contributed by atoms with van der Waals surface area (Å²) in [7, 11) is -2.14. The second kappa shape index (κ2) is 6.29. The molecule has 0 unspecified atom stereocenters. The molecule has 0 atom stereocenters. The Kier molecular flexibility index (Phi) is 4.33. The molecule has 0 spiro atoms. The highest BCUT2D eigenvalue weighted by atomic mass is 32.2. The van der Waals surface area contributed by atoms with E-state index in [0.717, 1.165) is 10.4 Å². The van der Waals surface area contributed by atoms with Crippen LogP contribution in [0.2, 0.25) is 0 Å². The molecule has 24 heavy (non-hydrogen) atoms. The summed E-state index contributed by atoms with van der Waals surface area (Å²) in [6, 6.07) is 10.2. The van der Waals surface area contributed by atoms with Crippen LogP contribution in [0.15, 0.2) is 42.5 Å². The lowest BCUT2D eigenvalue weighted by atomic mass is 10.2.